The molecular weight excluding hydrogens is 228 g/mol. The highest BCUT2D eigenvalue weighted by molar-refractivity contribution is 5.97. The molecule has 1 amide bonds. The van der Waals surface area contributed by atoms with E-state index in [4.69, 9.17) is 5.73 Å². The normalized spacial score (nSPS) is 10.4. The van der Waals surface area contributed by atoms with Crippen molar-refractivity contribution in [2.24, 2.45) is 5.73 Å². The van der Waals surface area contributed by atoms with E-state index in [2.05, 4.69) is 0 Å². The van der Waals surface area contributed by atoms with Crippen molar-refractivity contribution in [1.82, 2.24) is 4.90 Å². The first-order valence-corrected chi connectivity index (χ1v) is 6.32. The van der Waals surface area contributed by atoms with E-state index in [-0.39, 0.29) is 11.7 Å². The van der Waals surface area contributed by atoms with Gasteiger partial charge in [-0.05, 0) is 37.9 Å². The molecule has 4 nitrogen and oxygen atoms in total. The summed E-state index contributed by atoms with van der Waals surface area (Å²) in [6.45, 7) is 3.16. The molecule has 1 aromatic rings. The van der Waals surface area contributed by atoms with Gasteiger partial charge < -0.3 is 15.7 Å². The van der Waals surface area contributed by atoms with Crippen LogP contribution in [0.5, 0.6) is 5.75 Å². The number of aryl methyl sites for hydroxylation is 1. The van der Waals surface area contributed by atoms with Gasteiger partial charge in [0, 0.05) is 13.6 Å². The summed E-state index contributed by atoms with van der Waals surface area (Å²) in [4.78, 5) is 13.8. The van der Waals surface area contributed by atoms with Crippen molar-refractivity contribution in [3.8, 4) is 5.75 Å². The number of aromatic hydroxyl groups is 1. The van der Waals surface area contributed by atoms with Gasteiger partial charge in [-0.2, -0.15) is 0 Å². The molecule has 0 radical (unpaired) electrons. The van der Waals surface area contributed by atoms with E-state index in [1.165, 1.54) is 0 Å². The molecule has 0 saturated carbocycles. The average molecular weight is 250 g/mol. The molecule has 0 aliphatic heterocycles. The number of phenols is 1. The van der Waals surface area contributed by atoms with E-state index < -0.39 is 0 Å². The number of phenolic OH excluding ortho intramolecular Hbond substituents is 1. The Bertz CT molecular complexity index is 405. The molecule has 18 heavy (non-hydrogen) atoms. The number of nitrogens with zero attached hydrogens (tertiary/aromatic N) is 1. The summed E-state index contributed by atoms with van der Waals surface area (Å²) in [6, 6.07) is 5.22. The number of rotatable bonds is 6. The first-order valence-electron chi connectivity index (χ1n) is 6.32. The van der Waals surface area contributed by atoms with Crippen molar-refractivity contribution >= 4 is 5.91 Å². The highest BCUT2D eigenvalue weighted by Gasteiger charge is 2.16. The molecule has 0 bridgehead atoms. The number of amides is 1. The summed E-state index contributed by atoms with van der Waals surface area (Å²) in [7, 11) is 1.76. The number of unbranched alkanes of at least 4 members (excludes halogenated alkanes) is 2. The summed E-state index contributed by atoms with van der Waals surface area (Å²) in [5.41, 5.74) is 6.51. The molecule has 1 rings (SSSR count). The van der Waals surface area contributed by atoms with Gasteiger partial charge in [-0.1, -0.05) is 18.6 Å². The van der Waals surface area contributed by atoms with Crippen LogP contribution in [-0.4, -0.2) is 36.1 Å². The monoisotopic (exact) mass is 250 g/mol. The molecule has 0 heterocycles. The Balaban J connectivity index is 2.60. The molecular formula is C14H22N2O2. The Morgan fingerprint density at radius 1 is 1.33 bits per heavy atom. The predicted octanol–water partition coefficient (Wildman–Crippen LogP) is 1.90. The smallest absolute Gasteiger partial charge is 0.257 e. The molecule has 0 aliphatic carbocycles. The number of hydrogen-bond donors (Lipinski definition) is 2. The van der Waals surface area contributed by atoms with Crippen molar-refractivity contribution in [2.45, 2.75) is 26.2 Å². The van der Waals surface area contributed by atoms with Crippen molar-refractivity contribution in [1.29, 1.82) is 0 Å². The molecule has 4 heteroatoms. The third-order valence-electron chi connectivity index (χ3n) is 3.01. The summed E-state index contributed by atoms with van der Waals surface area (Å²) in [5, 5.41) is 9.86. The lowest BCUT2D eigenvalue weighted by Crippen LogP contribution is -2.28. The van der Waals surface area contributed by atoms with Gasteiger partial charge in [-0.15, -0.1) is 0 Å². The Labute approximate surface area is 108 Å². The van der Waals surface area contributed by atoms with Crippen LogP contribution < -0.4 is 5.73 Å². The molecule has 0 atom stereocenters. The first kappa shape index (κ1) is 14.5. The second-order valence-corrected chi connectivity index (χ2v) is 4.55. The number of carbonyl (C=O) groups is 1. The van der Waals surface area contributed by atoms with Crippen LogP contribution in [0.1, 0.15) is 35.2 Å². The summed E-state index contributed by atoms with van der Waals surface area (Å²) in [5.74, 6) is -0.0553. The quantitative estimate of drug-likeness (QED) is 0.758. The van der Waals surface area contributed by atoms with Crippen molar-refractivity contribution in [3.63, 3.8) is 0 Å². The molecule has 3 N–H and O–H groups in total. The van der Waals surface area contributed by atoms with E-state index in [1.54, 1.807) is 37.1 Å². The third-order valence-corrected chi connectivity index (χ3v) is 3.01. The van der Waals surface area contributed by atoms with Gasteiger partial charge in [-0.3, -0.25) is 4.79 Å². The maximum atomic E-state index is 12.1. The van der Waals surface area contributed by atoms with Crippen LogP contribution in [0.2, 0.25) is 0 Å². The topological polar surface area (TPSA) is 66.6 Å². The predicted molar refractivity (Wildman–Crippen MR) is 72.7 cm³/mol. The van der Waals surface area contributed by atoms with Gasteiger partial charge in [0.15, 0.2) is 0 Å². The van der Waals surface area contributed by atoms with Crippen LogP contribution in [0, 0.1) is 6.92 Å². The van der Waals surface area contributed by atoms with Crippen LogP contribution in [0.4, 0.5) is 0 Å². The summed E-state index contributed by atoms with van der Waals surface area (Å²) in [6.07, 6.45) is 2.94. The molecule has 0 spiro atoms. The zero-order valence-electron chi connectivity index (χ0n) is 11.1. The second kappa shape index (κ2) is 7.01. The Morgan fingerprint density at radius 2 is 2.06 bits per heavy atom. The molecule has 1 aromatic carbocycles. The standard InChI is InChI=1S/C14H22N2O2/c1-11-7-6-8-12(13(11)17)14(18)16(2)10-5-3-4-9-15/h6-8,17H,3-5,9-10,15H2,1-2H3. The van der Waals surface area contributed by atoms with Gasteiger partial charge in [0.1, 0.15) is 5.75 Å². The summed E-state index contributed by atoms with van der Waals surface area (Å²) >= 11 is 0. The van der Waals surface area contributed by atoms with Crippen molar-refractivity contribution in [2.75, 3.05) is 20.1 Å². The minimum atomic E-state index is -0.135. The highest BCUT2D eigenvalue weighted by Crippen LogP contribution is 2.22. The lowest BCUT2D eigenvalue weighted by Gasteiger charge is -2.18. The van der Waals surface area contributed by atoms with E-state index in [9.17, 15) is 9.90 Å². The van der Waals surface area contributed by atoms with E-state index >= 15 is 0 Å². The summed E-state index contributed by atoms with van der Waals surface area (Å²) < 4.78 is 0. The maximum absolute atomic E-state index is 12.1. The number of carbonyl (C=O) groups excluding carboxylic acids is 1. The van der Waals surface area contributed by atoms with Crippen LogP contribution in [0.15, 0.2) is 18.2 Å². The molecule has 0 saturated heterocycles. The number of hydrogen-bond acceptors (Lipinski definition) is 3. The zero-order chi connectivity index (χ0) is 13.5. The van der Waals surface area contributed by atoms with Gasteiger partial charge in [0.25, 0.3) is 5.91 Å². The fourth-order valence-electron chi connectivity index (χ4n) is 1.81. The largest absolute Gasteiger partial charge is 0.507 e. The van der Waals surface area contributed by atoms with Gasteiger partial charge in [0.2, 0.25) is 0 Å². The highest BCUT2D eigenvalue weighted by atomic mass is 16.3. The maximum Gasteiger partial charge on any atom is 0.257 e. The third kappa shape index (κ3) is 3.74. The van der Waals surface area contributed by atoms with Crippen LogP contribution in [0.25, 0.3) is 0 Å². The van der Waals surface area contributed by atoms with Gasteiger partial charge >= 0.3 is 0 Å². The molecule has 0 unspecified atom stereocenters. The fraction of sp³-hybridized carbons (Fsp3) is 0.500. The van der Waals surface area contributed by atoms with Crippen LogP contribution >= 0.6 is 0 Å². The van der Waals surface area contributed by atoms with E-state index in [1.807, 2.05) is 0 Å². The van der Waals surface area contributed by atoms with Gasteiger partial charge in [-0.25, -0.2) is 0 Å². The Kier molecular flexibility index (Phi) is 5.65. The van der Waals surface area contributed by atoms with E-state index in [0.29, 0.717) is 18.7 Å². The fourth-order valence-corrected chi connectivity index (χ4v) is 1.81. The molecule has 0 aromatic heterocycles. The molecule has 100 valence electrons. The number of nitrogens with two attached hydrogens (primary N) is 1. The average Bonchev–Trinajstić information content (AvgIpc) is 2.37. The molecule has 0 aliphatic rings. The number of para-hydroxylation sites is 1. The lowest BCUT2D eigenvalue weighted by atomic mass is 10.1. The second-order valence-electron chi connectivity index (χ2n) is 4.55. The van der Waals surface area contributed by atoms with Crippen molar-refractivity contribution < 1.29 is 9.90 Å². The minimum Gasteiger partial charge on any atom is -0.507 e. The Morgan fingerprint density at radius 3 is 2.72 bits per heavy atom. The Hall–Kier alpha value is -1.55. The SMILES string of the molecule is Cc1cccc(C(=O)N(C)CCCCCN)c1O. The number of benzene rings is 1. The molecule has 0 fully saturated rings. The van der Waals surface area contributed by atoms with E-state index in [0.717, 1.165) is 24.8 Å². The lowest BCUT2D eigenvalue weighted by molar-refractivity contribution is 0.0789. The van der Waals surface area contributed by atoms with Crippen LogP contribution in [-0.2, 0) is 0 Å². The minimum absolute atomic E-state index is 0.0799. The van der Waals surface area contributed by atoms with Crippen LogP contribution in [0.3, 0.4) is 0 Å². The van der Waals surface area contributed by atoms with Crippen molar-refractivity contribution in [3.05, 3.63) is 29.3 Å². The zero-order valence-corrected chi connectivity index (χ0v) is 11.1. The van der Waals surface area contributed by atoms with Gasteiger partial charge in [0.05, 0.1) is 5.56 Å². The first-order chi connectivity index (χ1) is 8.57.